The number of fused-ring (bicyclic) bond motifs is 4. The van der Waals surface area contributed by atoms with Crippen LogP contribution in [0, 0.1) is 18.8 Å². The third-order valence-corrected chi connectivity index (χ3v) is 8.20. The van der Waals surface area contributed by atoms with E-state index >= 15 is 0 Å². The van der Waals surface area contributed by atoms with Crippen molar-refractivity contribution in [3.8, 4) is 0 Å². The normalized spacial score (nSPS) is 25.9. The highest BCUT2D eigenvalue weighted by molar-refractivity contribution is 6.32. The fourth-order valence-corrected chi connectivity index (χ4v) is 6.22. The average Bonchev–Trinajstić information content (AvgIpc) is 3.47. The van der Waals surface area contributed by atoms with Gasteiger partial charge in [0.25, 0.3) is 0 Å². The van der Waals surface area contributed by atoms with Crippen LogP contribution in [0.4, 0.5) is 11.4 Å². The molecular formula is C28H23ClN4O4. The quantitative estimate of drug-likeness (QED) is 0.462. The fraction of sp³-hybridized carbons (Fsp3) is 0.214. The van der Waals surface area contributed by atoms with Crippen molar-refractivity contribution >= 4 is 46.6 Å². The molecule has 1 spiro atoms. The van der Waals surface area contributed by atoms with Crippen LogP contribution in [-0.4, -0.2) is 29.7 Å². The number of nitrogens with two attached hydrogens (primary N) is 1. The Labute approximate surface area is 217 Å². The molecule has 8 nitrogen and oxygen atoms in total. The van der Waals surface area contributed by atoms with Gasteiger partial charge in [-0.15, -0.1) is 0 Å². The highest BCUT2D eigenvalue weighted by Gasteiger charge is 2.70. The highest BCUT2D eigenvalue weighted by atomic mass is 35.5. The number of nitrogens with one attached hydrogen (secondary N) is 2. The van der Waals surface area contributed by atoms with E-state index in [4.69, 9.17) is 17.3 Å². The molecule has 3 aliphatic rings. The summed E-state index contributed by atoms with van der Waals surface area (Å²) < 4.78 is 0. The number of amides is 4. The first-order valence-electron chi connectivity index (χ1n) is 11.9. The Hall–Kier alpha value is -4.01. The minimum Gasteiger partial charge on any atom is -0.366 e. The van der Waals surface area contributed by atoms with Crippen LogP contribution in [0.1, 0.15) is 27.0 Å². The predicted molar refractivity (Wildman–Crippen MR) is 138 cm³/mol. The molecule has 3 aromatic rings. The van der Waals surface area contributed by atoms with Gasteiger partial charge >= 0.3 is 0 Å². The van der Waals surface area contributed by atoms with Crippen LogP contribution in [0.15, 0.2) is 66.7 Å². The van der Waals surface area contributed by atoms with E-state index in [2.05, 4.69) is 10.6 Å². The second-order valence-corrected chi connectivity index (χ2v) is 10.1. The number of imide groups is 1. The lowest BCUT2D eigenvalue weighted by atomic mass is 9.76. The van der Waals surface area contributed by atoms with E-state index < -0.39 is 35.2 Å². The van der Waals surface area contributed by atoms with Gasteiger partial charge in [0, 0.05) is 22.2 Å². The van der Waals surface area contributed by atoms with Crippen molar-refractivity contribution in [3.63, 3.8) is 0 Å². The van der Waals surface area contributed by atoms with Crippen LogP contribution in [0.5, 0.6) is 0 Å². The lowest BCUT2D eigenvalue weighted by Crippen LogP contribution is -2.53. The Morgan fingerprint density at radius 2 is 1.70 bits per heavy atom. The van der Waals surface area contributed by atoms with Crippen LogP contribution in [0.25, 0.3) is 0 Å². The summed E-state index contributed by atoms with van der Waals surface area (Å²) in [6.45, 7) is 1.81. The Bertz CT molecular complexity index is 1490. The molecule has 2 fully saturated rings. The number of halogens is 1. The number of anilines is 2. The lowest BCUT2D eigenvalue weighted by molar-refractivity contribution is -0.130. The largest absolute Gasteiger partial charge is 0.366 e. The van der Waals surface area contributed by atoms with E-state index in [0.717, 1.165) is 10.5 Å². The first-order valence-corrected chi connectivity index (χ1v) is 12.3. The summed E-state index contributed by atoms with van der Waals surface area (Å²) in [6.07, 6.45) is 0.451. The van der Waals surface area contributed by atoms with Gasteiger partial charge in [0.2, 0.25) is 23.6 Å². The van der Waals surface area contributed by atoms with Gasteiger partial charge in [0.05, 0.1) is 23.2 Å². The molecule has 186 valence electrons. The molecule has 0 aromatic heterocycles. The second-order valence-electron chi connectivity index (χ2n) is 9.72. The van der Waals surface area contributed by atoms with Crippen LogP contribution in [0.2, 0.25) is 5.02 Å². The average molecular weight is 515 g/mol. The van der Waals surface area contributed by atoms with Crippen molar-refractivity contribution in [1.82, 2.24) is 5.32 Å². The molecule has 0 unspecified atom stereocenters. The number of nitrogens with zero attached hydrogens (tertiary/aromatic N) is 1. The molecule has 3 heterocycles. The Morgan fingerprint density at radius 1 is 1.00 bits per heavy atom. The van der Waals surface area contributed by atoms with Crippen molar-refractivity contribution in [3.05, 3.63) is 94.0 Å². The van der Waals surface area contributed by atoms with E-state index in [1.54, 1.807) is 12.1 Å². The van der Waals surface area contributed by atoms with E-state index in [0.29, 0.717) is 33.9 Å². The predicted octanol–water partition coefficient (Wildman–Crippen LogP) is 2.92. The van der Waals surface area contributed by atoms with Gasteiger partial charge < -0.3 is 11.1 Å². The standard InChI is InChI=1S/C28H23ClN4O4/c1-14-19(29)12-11-18-23(14)31-27(37)28(18)22-21(20(32-28)13-15-5-3-2-4-6-15)25(35)33(26(22)36)17-9-7-16(8-10-17)24(30)34/h2-12,20-22,32H,13H2,1H3,(H2,30,34)(H,31,37)/t20-,21+,22-,28-/m0/s1. The van der Waals surface area contributed by atoms with Crippen molar-refractivity contribution in [1.29, 1.82) is 0 Å². The molecule has 0 saturated carbocycles. The number of benzene rings is 3. The van der Waals surface area contributed by atoms with Crippen molar-refractivity contribution < 1.29 is 19.2 Å². The summed E-state index contributed by atoms with van der Waals surface area (Å²) in [5.41, 5.74) is 7.36. The maximum atomic E-state index is 14.1. The van der Waals surface area contributed by atoms with Crippen molar-refractivity contribution in [2.75, 3.05) is 10.2 Å². The molecule has 6 rings (SSSR count). The zero-order valence-corrected chi connectivity index (χ0v) is 20.6. The van der Waals surface area contributed by atoms with E-state index in [1.165, 1.54) is 24.3 Å². The summed E-state index contributed by atoms with van der Waals surface area (Å²) in [5, 5.41) is 6.87. The minimum atomic E-state index is -1.43. The third-order valence-electron chi connectivity index (χ3n) is 7.79. The summed E-state index contributed by atoms with van der Waals surface area (Å²) in [6, 6.07) is 18.6. The van der Waals surface area contributed by atoms with E-state index in [9.17, 15) is 19.2 Å². The van der Waals surface area contributed by atoms with Gasteiger partial charge in [0.15, 0.2) is 0 Å². The summed E-state index contributed by atoms with van der Waals surface area (Å²) >= 11 is 6.34. The number of rotatable bonds is 4. The number of carbonyl (C=O) groups is 4. The van der Waals surface area contributed by atoms with Crippen molar-refractivity contribution in [2.45, 2.75) is 24.9 Å². The Kier molecular flexibility index (Phi) is 5.22. The smallest absolute Gasteiger partial charge is 0.250 e. The van der Waals surface area contributed by atoms with E-state index in [1.807, 2.05) is 37.3 Å². The molecule has 0 aliphatic carbocycles. The van der Waals surface area contributed by atoms with Gasteiger partial charge in [-0.2, -0.15) is 0 Å². The molecule has 2 saturated heterocycles. The Morgan fingerprint density at radius 3 is 2.38 bits per heavy atom. The molecule has 3 aliphatic heterocycles. The minimum absolute atomic E-state index is 0.264. The number of primary amides is 1. The summed E-state index contributed by atoms with van der Waals surface area (Å²) in [7, 11) is 0. The third kappa shape index (κ3) is 3.26. The molecular weight excluding hydrogens is 492 g/mol. The van der Waals surface area contributed by atoms with Gasteiger partial charge in [-0.1, -0.05) is 48.0 Å². The van der Waals surface area contributed by atoms with Crippen LogP contribution in [0.3, 0.4) is 0 Å². The number of carbonyl (C=O) groups excluding carboxylic acids is 4. The molecule has 4 atom stereocenters. The molecule has 3 aromatic carbocycles. The maximum Gasteiger partial charge on any atom is 0.250 e. The molecule has 0 bridgehead atoms. The van der Waals surface area contributed by atoms with Gasteiger partial charge in [-0.25, -0.2) is 4.90 Å². The molecule has 9 heteroatoms. The molecule has 0 radical (unpaired) electrons. The van der Waals surface area contributed by atoms with Gasteiger partial charge in [-0.05, 0) is 54.8 Å². The molecule has 4 amide bonds. The first-order chi connectivity index (χ1) is 17.7. The molecule has 4 N–H and O–H groups in total. The highest BCUT2D eigenvalue weighted by Crippen LogP contribution is 2.55. The van der Waals surface area contributed by atoms with Crippen LogP contribution in [-0.2, 0) is 26.3 Å². The topological polar surface area (TPSA) is 122 Å². The van der Waals surface area contributed by atoms with Crippen LogP contribution < -0.4 is 21.3 Å². The van der Waals surface area contributed by atoms with Crippen molar-refractivity contribution in [2.24, 2.45) is 17.6 Å². The summed E-state index contributed by atoms with van der Waals surface area (Å²) in [5.74, 6) is -3.60. The Balaban J connectivity index is 1.49. The van der Waals surface area contributed by atoms with Gasteiger partial charge in [-0.3, -0.25) is 24.5 Å². The lowest BCUT2D eigenvalue weighted by Gasteiger charge is -2.29. The first kappa shape index (κ1) is 23.4. The maximum absolute atomic E-state index is 14.1. The number of hydrogen-bond acceptors (Lipinski definition) is 5. The number of hydrogen-bond donors (Lipinski definition) is 3. The van der Waals surface area contributed by atoms with E-state index in [-0.39, 0.29) is 17.4 Å². The monoisotopic (exact) mass is 514 g/mol. The van der Waals surface area contributed by atoms with Crippen LogP contribution >= 0.6 is 11.6 Å². The molecule has 37 heavy (non-hydrogen) atoms. The second kappa shape index (κ2) is 8.26. The zero-order chi connectivity index (χ0) is 26.1. The summed E-state index contributed by atoms with van der Waals surface area (Å²) in [4.78, 5) is 54.4. The van der Waals surface area contributed by atoms with Gasteiger partial charge in [0.1, 0.15) is 5.54 Å². The zero-order valence-electron chi connectivity index (χ0n) is 19.8. The fourth-order valence-electron chi connectivity index (χ4n) is 6.06. The SMILES string of the molecule is Cc1c(Cl)ccc2c1NC(=O)[C@]21N[C@@H](Cc2ccccc2)[C@H]2C(=O)N(c3ccc(C(N)=O)cc3)C(=O)[C@H]21.